The van der Waals surface area contributed by atoms with Gasteiger partial charge in [0.05, 0.1) is 28.9 Å². The van der Waals surface area contributed by atoms with E-state index in [4.69, 9.17) is 4.98 Å². The van der Waals surface area contributed by atoms with Crippen LogP contribution in [-0.2, 0) is 13.6 Å². The van der Waals surface area contributed by atoms with E-state index >= 15 is 0 Å². The minimum absolute atomic E-state index is 0.350. The summed E-state index contributed by atoms with van der Waals surface area (Å²) in [6.07, 6.45) is 1.59. The molecule has 4 aromatic rings. The van der Waals surface area contributed by atoms with Gasteiger partial charge in [-0.05, 0) is 31.0 Å². The molecule has 5 rings (SSSR count). The highest BCUT2D eigenvalue weighted by Crippen LogP contribution is 2.36. The number of halogens is 2. The van der Waals surface area contributed by atoms with Crippen molar-refractivity contribution >= 4 is 16.7 Å². The van der Waals surface area contributed by atoms with Crippen molar-refractivity contribution < 1.29 is 13.9 Å². The summed E-state index contributed by atoms with van der Waals surface area (Å²) in [5, 5.41) is 25.5. The molecule has 0 spiro atoms. The van der Waals surface area contributed by atoms with Gasteiger partial charge < -0.3 is 10.0 Å². The van der Waals surface area contributed by atoms with Gasteiger partial charge in [-0.3, -0.25) is 14.5 Å². The second-order valence-corrected chi connectivity index (χ2v) is 7.67. The standard InChI is InChI=1S/C20H22F2N8O/c1-28-15(3-7-24-28)14-10-16(29-8-4-12(31)5-9-29)20-19(25-14)18(13-2-6-23-26-13)27-30(20)11-17(21)22/h2-3,6-7,10,12,17,31H,4-5,8-9,11H2,1H3,(H,23,26). The molecule has 162 valence electrons. The number of fused-ring (bicyclic) bond motifs is 1. The highest BCUT2D eigenvalue weighted by molar-refractivity contribution is 5.98. The van der Waals surface area contributed by atoms with Gasteiger partial charge in [-0.15, -0.1) is 0 Å². The van der Waals surface area contributed by atoms with Gasteiger partial charge in [-0.1, -0.05) is 0 Å². The van der Waals surface area contributed by atoms with Crippen molar-refractivity contribution in [1.29, 1.82) is 0 Å². The summed E-state index contributed by atoms with van der Waals surface area (Å²) in [6.45, 7) is 0.690. The molecule has 0 saturated carbocycles. The van der Waals surface area contributed by atoms with Crippen LogP contribution in [0.2, 0.25) is 0 Å². The van der Waals surface area contributed by atoms with Crippen molar-refractivity contribution in [2.75, 3.05) is 18.0 Å². The van der Waals surface area contributed by atoms with E-state index in [-0.39, 0.29) is 6.10 Å². The van der Waals surface area contributed by atoms with Gasteiger partial charge in [0.25, 0.3) is 6.43 Å². The Kier molecular flexibility index (Phi) is 4.89. The lowest BCUT2D eigenvalue weighted by Gasteiger charge is -2.32. The lowest BCUT2D eigenvalue weighted by atomic mass is 10.1. The van der Waals surface area contributed by atoms with Crippen LogP contribution >= 0.6 is 0 Å². The number of aliphatic hydroxyl groups is 1. The zero-order chi connectivity index (χ0) is 21.5. The number of H-pyrrole nitrogens is 1. The molecular formula is C20H22F2N8O. The third-order valence-electron chi connectivity index (χ3n) is 5.63. The number of hydrogen-bond donors (Lipinski definition) is 2. The molecule has 4 aromatic heterocycles. The van der Waals surface area contributed by atoms with Gasteiger partial charge in [0.15, 0.2) is 0 Å². The van der Waals surface area contributed by atoms with Gasteiger partial charge >= 0.3 is 0 Å². The summed E-state index contributed by atoms with van der Waals surface area (Å²) >= 11 is 0. The fourth-order valence-electron chi connectivity index (χ4n) is 4.10. The largest absolute Gasteiger partial charge is 0.393 e. The molecule has 1 saturated heterocycles. The number of aromatic amines is 1. The molecule has 1 aliphatic heterocycles. The lowest BCUT2D eigenvalue weighted by molar-refractivity contribution is 0.123. The molecule has 0 amide bonds. The minimum Gasteiger partial charge on any atom is -0.393 e. The minimum atomic E-state index is -2.56. The van der Waals surface area contributed by atoms with Crippen molar-refractivity contribution in [3.63, 3.8) is 0 Å². The van der Waals surface area contributed by atoms with E-state index in [0.717, 1.165) is 11.4 Å². The summed E-state index contributed by atoms with van der Waals surface area (Å²) in [5.41, 5.74) is 4.38. The molecule has 0 radical (unpaired) electrons. The second-order valence-electron chi connectivity index (χ2n) is 7.67. The molecule has 31 heavy (non-hydrogen) atoms. The van der Waals surface area contributed by atoms with Crippen LogP contribution in [0.15, 0.2) is 30.6 Å². The topological polar surface area (TPSA) is 101 Å². The summed E-state index contributed by atoms with van der Waals surface area (Å²) in [4.78, 5) is 6.93. The molecule has 1 aliphatic rings. The van der Waals surface area contributed by atoms with E-state index in [0.29, 0.717) is 54.0 Å². The Labute approximate surface area is 176 Å². The maximum atomic E-state index is 13.4. The number of alkyl halides is 2. The fraction of sp³-hybridized carbons (Fsp3) is 0.400. The van der Waals surface area contributed by atoms with Crippen molar-refractivity contribution in [3.05, 3.63) is 30.6 Å². The summed E-state index contributed by atoms with van der Waals surface area (Å²) in [7, 11) is 1.83. The number of hydrogen-bond acceptors (Lipinski definition) is 6. The van der Waals surface area contributed by atoms with Crippen molar-refractivity contribution in [2.45, 2.75) is 31.9 Å². The molecule has 9 nitrogen and oxygen atoms in total. The smallest absolute Gasteiger partial charge is 0.257 e. The maximum Gasteiger partial charge on any atom is 0.257 e. The fourth-order valence-corrected chi connectivity index (χ4v) is 4.10. The highest BCUT2D eigenvalue weighted by atomic mass is 19.3. The molecule has 0 aliphatic carbocycles. The van der Waals surface area contributed by atoms with Crippen molar-refractivity contribution in [3.8, 4) is 22.8 Å². The third kappa shape index (κ3) is 3.54. The van der Waals surface area contributed by atoms with E-state index in [1.165, 1.54) is 4.68 Å². The number of aliphatic hydroxyl groups excluding tert-OH is 1. The third-order valence-corrected chi connectivity index (χ3v) is 5.63. The first-order chi connectivity index (χ1) is 15.0. The average Bonchev–Trinajstić information content (AvgIpc) is 3.48. The number of nitrogens with one attached hydrogen (secondary N) is 1. The highest BCUT2D eigenvalue weighted by Gasteiger charge is 2.26. The van der Waals surface area contributed by atoms with Crippen LogP contribution in [0.5, 0.6) is 0 Å². The zero-order valence-corrected chi connectivity index (χ0v) is 16.9. The van der Waals surface area contributed by atoms with E-state index in [9.17, 15) is 13.9 Å². The summed E-state index contributed by atoms with van der Waals surface area (Å²) in [5.74, 6) is 0. The molecule has 0 unspecified atom stereocenters. The molecule has 2 N–H and O–H groups in total. The Morgan fingerprint density at radius 3 is 2.68 bits per heavy atom. The summed E-state index contributed by atoms with van der Waals surface area (Å²) < 4.78 is 29.9. The number of nitrogens with zero attached hydrogens (tertiary/aromatic N) is 7. The quantitative estimate of drug-likeness (QED) is 0.507. The van der Waals surface area contributed by atoms with E-state index < -0.39 is 13.0 Å². The van der Waals surface area contributed by atoms with Crippen LogP contribution in [0, 0.1) is 0 Å². The lowest BCUT2D eigenvalue weighted by Crippen LogP contribution is -2.36. The predicted octanol–water partition coefficient (Wildman–Crippen LogP) is 2.45. The predicted molar refractivity (Wildman–Crippen MR) is 111 cm³/mol. The molecule has 0 bridgehead atoms. The number of aromatic nitrogens is 7. The Hall–Kier alpha value is -3.34. The van der Waals surface area contributed by atoms with Gasteiger partial charge in [0.1, 0.15) is 23.3 Å². The van der Waals surface area contributed by atoms with E-state index in [2.05, 4.69) is 25.3 Å². The number of aryl methyl sites for hydroxylation is 1. The molecule has 0 atom stereocenters. The van der Waals surface area contributed by atoms with Gasteiger partial charge in [0, 0.05) is 32.5 Å². The van der Waals surface area contributed by atoms with Gasteiger partial charge in [-0.25, -0.2) is 13.8 Å². The van der Waals surface area contributed by atoms with E-state index in [1.807, 2.05) is 19.2 Å². The number of anilines is 1. The first-order valence-electron chi connectivity index (χ1n) is 10.1. The zero-order valence-electron chi connectivity index (χ0n) is 16.9. The molecule has 5 heterocycles. The van der Waals surface area contributed by atoms with Crippen LogP contribution in [-0.4, -0.2) is 65.5 Å². The Balaban J connectivity index is 1.78. The maximum absolute atomic E-state index is 13.4. The van der Waals surface area contributed by atoms with Crippen LogP contribution in [0.4, 0.5) is 14.5 Å². The Morgan fingerprint density at radius 2 is 2.03 bits per heavy atom. The second kappa shape index (κ2) is 7.73. The number of pyridine rings is 1. The van der Waals surface area contributed by atoms with Crippen molar-refractivity contribution in [2.24, 2.45) is 7.05 Å². The Bertz CT molecular complexity index is 1190. The SMILES string of the molecule is Cn1nccc1-c1cc(N2CCC(O)CC2)c2c(n1)c(-c1ccn[nH]1)nn2CC(F)F. The first kappa shape index (κ1) is 19.6. The number of piperidine rings is 1. The summed E-state index contributed by atoms with van der Waals surface area (Å²) in [6, 6.07) is 5.50. The molecule has 0 aromatic carbocycles. The Morgan fingerprint density at radius 1 is 1.23 bits per heavy atom. The number of rotatable bonds is 5. The van der Waals surface area contributed by atoms with Crippen LogP contribution < -0.4 is 4.90 Å². The first-order valence-corrected chi connectivity index (χ1v) is 10.1. The van der Waals surface area contributed by atoms with Crippen LogP contribution in [0.1, 0.15) is 12.8 Å². The van der Waals surface area contributed by atoms with E-state index in [1.54, 1.807) is 23.1 Å². The normalized spacial score (nSPS) is 15.5. The van der Waals surface area contributed by atoms with Gasteiger partial charge in [-0.2, -0.15) is 15.3 Å². The molecular weight excluding hydrogens is 406 g/mol. The molecule has 11 heteroatoms. The van der Waals surface area contributed by atoms with Crippen LogP contribution in [0.25, 0.3) is 33.8 Å². The van der Waals surface area contributed by atoms with Crippen LogP contribution in [0.3, 0.4) is 0 Å². The average molecular weight is 428 g/mol. The van der Waals surface area contributed by atoms with Crippen molar-refractivity contribution in [1.82, 2.24) is 34.7 Å². The monoisotopic (exact) mass is 428 g/mol. The van der Waals surface area contributed by atoms with Gasteiger partial charge in [0.2, 0.25) is 0 Å². The molecule has 1 fully saturated rings.